The molecule has 0 spiro atoms. The van der Waals surface area contributed by atoms with Crippen LogP contribution in [0.4, 0.5) is 4.39 Å². The van der Waals surface area contributed by atoms with Crippen LogP contribution in [0.1, 0.15) is 5.56 Å². The summed E-state index contributed by atoms with van der Waals surface area (Å²) in [6, 6.07) is 6.02. The fourth-order valence-corrected chi connectivity index (χ4v) is 7.06. The molecule has 1 aromatic rings. The van der Waals surface area contributed by atoms with E-state index < -0.39 is 9.84 Å². The Bertz CT molecular complexity index is 780. The number of halogens is 1. The number of aliphatic imine (C=N–C) groups is 1. The summed E-state index contributed by atoms with van der Waals surface area (Å²) in [5.74, 6) is -0.507. The second-order valence-corrected chi connectivity index (χ2v) is 9.45. The lowest BCUT2D eigenvalue weighted by Crippen LogP contribution is -2.39. The molecule has 0 radical (unpaired) electrons. The summed E-state index contributed by atoms with van der Waals surface area (Å²) in [6.07, 6.45) is 0.613. The van der Waals surface area contributed by atoms with Crippen LogP contribution < -0.4 is 0 Å². The molecule has 2 aliphatic heterocycles. The molecule has 3 rings (SSSR count). The standard InChI is InChI=1S/C16H19FN2O4S2/c1-23-8-15(20)18-16-19(7-6-11-2-4-12(17)5-3-11)13-9-25(21,22)10-14(13)24-16/h2-5,13-14H,6-10H2,1H3. The molecule has 0 aliphatic carbocycles. The SMILES string of the molecule is COCC(=O)N=C1SC2CS(=O)(=O)CC2N1CCc1ccc(F)cc1. The van der Waals surface area contributed by atoms with Crippen LogP contribution in [0.15, 0.2) is 29.3 Å². The first-order valence-corrected chi connectivity index (χ1v) is 10.6. The third kappa shape index (κ3) is 4.39. The minimum atomic E-state index is -3.07. The van der Waals surface area contributed by atoms with E-state index in [-0.39, 0.29) is 41.1 Å². The normalized spacial score (nSPS) is 26.2. The molecule has 25 heavy (non-hydrogen) atoms. The summed E-state index contributed by atoms with van der Waals surface area (Å²) in [5.41, 5.74) is 0.943. The van der Waals surface area contributed by atoms with Gasteiger partial charge in [-0.1, -0.05) is 23.9 Å². The molecule has 2 atom stereocenters. The number of amides is 1. The molecule has 0 saturated carbocycles. The minimum absolute atomic E-state index is 0.0750. The number of nitrogens with zero attached hydrogens (tertiary/aromatic N) is 2. The van der Waals surface area contributed by atoms with E-state index in [1.54, 1.807) is 12.1 Å². The first-order valence-electron chi connectivity index (χ1n) is 7.86. The second kappa shape index (κ2) is 7.43. The Hall–Kier alpha value is -1.45. The van der Waals surface area contributed by atoms with Crippen LogP contribution in [0.2, 0.25) is 0 Å². The molecule has 6 nitrogen and oxygen atoms in total. The van der Waals surface area contributed by atoms with Crippen molar-refractivity contribution in [1.82, 2.24) is 4.90 Å². The van der Waals surface area contributed by atoms with Gasteiger partial charge in [-0.15, -0.1) is 0 Å². The number of hydrogen-bond acceptors (Lipinski definition) is 5. The van der Waals surface area contributed by atoms with E-state index in [4.69, 9.17) is 4.74 Å². The molecule has 1 aromatic carbocycles. The molecule has 0 N–H and O–H groups in total. The van der Waals surface area contributed by atoms with E-state index in [0.717, 1.165) is 5.56 Å². The average Bonchev–Trinajstić information content (AvgIpc) is 2.98. The fourth-order valence-electron chi connectivity index (χ4n) is 3.06. The molecule has 2 heterocycles. The summed E-state index contributed by atoms with van der Waals surface area (Å²) >= 11 is 1.34. The number of carbonyl (C=O) groups is 1. The maximum Gasteiger partial charge on any atom is 0.274 e. The summed E-state index contributed by atoms with van der Waals surface area (Å²) in [5, 5.41) is 0.446. The summed E-state index contributed by atoms with van der Waals surface area (Å²) in [6.45, 7) is 0.415. The highest BCUT2D eigenvalue weighted by Gasteiger charge is 2.48. The number of sulfone groups is 1. The molecule has 0 bridgehead atoms. The summed E-state index contributed by atoms with van der Waals surface area (Å²) in [4.78, 5) is 17.8. The van der Waals surface area contributed by atoms with Gasteiger partial charge in [-0.25, -0.2) is 12.8 Å². The molecular weight excluding hydrogens is 367 g/mol. The van der Waals surface area contributed by atoms with Crippen molar-refractivity contribution in [2.75, 3.05) is 31.8 Å². The van der Waals surface area contributed by atoms with Crippen LogP contribution >= 0.6 is 11.8 Å². The van der Waals surface area contributed by atoms with Gasteiger partial charge in [-0.2, -0.15) is 4.99 Å². The third-order valence-corrected chi connectivity index (χ3v) is 7.47. The fraction of sp³-hybridized carbons (Fsp3) is 0.500. The first kappa shape index (κ1) is 18.3. The van der Waals surface area contributed by atoms with Crippen molar-refractivity contribution < 1.29 is 22.3 Å². The van der Waals surface area contributed by atoms with Gasteiger partial charge in [0.05, 0.1) is 17.5 Å². The lowest BCUT2D eigenvalue weighted by Gasteiger charge is -2.24. The highest BCUT2D eigenvalue weighted by Crippen LogP contribution is 2.38. The van der Waals surface area contributed by atoms with E-state index >= 15 is 0 Å². The summed E-state index contributed by atoms with van der Waals surface area (Å²) < 4.78 is 41.7. The monoisotopic (exact) mass is 386 g/mol. The van der Waals surface area contributed by atoms with Gasteiger partial charge >= 0.3 is 0 Å². The van der Waals surface area contributed by atoms with Crippen LogP contribution in [-0.4, -0.2) is 67.5 Å². The Kier molecular flexibility index (Phi) is 5.45. The third-order valence-electron chi connectivity index (χ3n) is 4.22. The number of carbonyl (C=O) groups excluding carboxylic acids is 1. The maximum absolute atomic E-state index is 13.0. The molecule has 2 unspecified atom stereocenters. The van der Waals surface area contributed by atoms with Gasteiger partial charge in [0.1, 0.15) is 12.4 Å². The lowest BCUT2D eigenvalue weighted by molar-refractivity contribution is -0.121. The Labute approximate surface area is 150 Å². The largest absolute Gasteiger partial charge is 0.375 e. The number of ether oxygens (including phenoxy) is 1. The Morgan fingerprint density at radius 1 is 1.36 bits per heavy atom. The number of amidine groups is 1. The minimum Gasteiger partial charge on any atom is -0.375 e. The predicted molar refractivity (Wildman–Crippen MR) is 94.9 cm³/mol. The quantitative estimate of drug-likeness (QED) is 0.755. The van der Waals surface area contributed by atoms with E-state index in [1.807, 2.05) is 4.90 Å². The zero-order valence-electron chi connectivity index (χ0n) is 13.7. The van der Waals surface area contributed by atoms with Gasteiger partial charge in [-0.05, 0) is 24.1 Å². The number of fused-ring (bicyclic) bond motifs is 1. The van der Waals surface area contributed by atoms with Crippen molar-refractivity contribution in [2.45, 2.75) is 17.7 Å². The number of hydrogen-bond donors (Lipinski definition) is 0. The van der Waals surface area contributed by atoms with Gasteiger partial charge < -0.3 is 9.64 Å². The highest BCUT2D eigenvalue weighted by atomic mass is 32.2. The molecule has 0 aromatic heterocycles. The lowest BCUT2D eigenvalue weighted by atomic mass is 10.1. The van der Waals surface area contributed by atoms with Crippen molar-refractivity contribution in [2.24, 2.45) is 4.99 Å². The first-order chi connectivity index (χ1) is 11.9. The van der Waals surface area contributed by atoms with Crippen LogP contribution in [-0.2, 0) is 25.8 Å². The zero-order valence-corrected chi connectivity index (χ0v) is 15.4. The Balaban J connectivity index is 1.77. The van der Waals surface area contributed by atoms with Gasteiger partial charge in [0.25, 0.3) is 5.91 Å². The summed E-state index contributed by atoms with van der Waals surface area (Å²) in [7, 11) is -1.64. The van der Waals surface area contributed by atoms with Crippen molar-refractivity contribution in [1.29, 1.82) is 0 Å². The average molecular weight is 386 g/mol. The van der Waals surface area contributed by atoms with Crippen molar-refractivity contribution in [3.8, 4) is 0 Å². The molecular formula is C16H19FN2O4S2. The molecule has 2 fully saturated rings. The Morgan fingerprint density at radius 2 is 2.08 bits per heavy atom. The molecule has 2 saturated heterocycles. The number of benzene rings is 1. The van der Waals surface area contributed by atoms with Crippen LogP contribution in [0.25, 0.3) is 0 Å². The molecule has 2 aliphatic rings. The number of rotatable bonds is 5. The smallest absolute Gasteiger partial charge is 0.274 e. The zero-order chi connectivity index (χ0) is 18.0. The van der Waals surface area contributed by atoms with Gasteiger partial charge in [-0.3, -0.25) is 4.79 Å². The topological polar surface area (TPSA) is 76.0 Å². The van der Waals surface area contributed by atoms with E-state index in [0.29, 0.717) is 18.1 Å². The van der Waals surface area contributed by atoms with E-state index in [1.165, 1.54) is 31.0 Å². The molecule has 1 amide bonds. The van der Waals surface area contributed by atoms with Crippen molar-refractivity contribution >= 4 is 32.7 Å². The number of methoxy groups -OCH3 is 1. The molecule has 9 heteroatoms. The van der Waals surface area contributed by atoms with Gasteiger partial charge in [0.15, 0.2) is 15.0 Å². The number of thioether (sulfide) groups is 1. The van der Waals surface area contributed by atoms with E-state index in [9.17, 15) is 17.6 Å². The maximum atomic E-state index is 13.0. The van der Waals surface area contributed by atoms with E-state index in [2.05, 4.69) is 4.99 Å². The van der Waals surface area contributed by atoms with Crippen molar-refractivity contribution in [3.63, 3.8) is 0 Å². The van der Waals surface area contributed by atoms with Crippen LogP contribution in [0.5, 0.6) is 0 Å². The van der Waals surface area contributed by atoms with Crippen molar-refractivity contribution in [3.05, 3.63) is 35.6 Å². The highest BCUT2D eigenvalue weighted by molar-refractivity contribution is 8.15. The van der Waals surface area contributed by atoms with Gasteiger partial charge in [0, 0.05) is 18.9 Å². The van der Waals surface area contributed by atoms with Gasteiger partial charge in [0.2, 0.25) is 0 Å². The molecule has 136 valence electrons. The van der Waals surface area contributed by atoms with Crippen LogP contribution in [0, 0.1) is 5.82 Å². The predicted octanol–water partition coefficient (Wildman–Crippen LogP) is 1.11. The Morgan fingerprint density at radius 3 is 2.76 bits per heavy atom. The second-order valence-electron chi connectivity index (χ2n) is 6.09. The van der Waals surface area contributed by atoms with Crippen LogP contribution in [0.3, 0.4) is 0 Å².